The minimum absolute atomic E-state index is 0.0542. The van der Waals surface area contributed by atoms with Crippen molar-refractivity contribution in [2.24, 2.45) is 7.05 Å². The molecule has 0 amide bonds. The number of aryl methyl sites for hydroxylation is 2. The molecule has 0 unspecified atom stereocenters. The molecule has 0 saturated heterocycles. The molecule has 0 fully saturated rings. The third kappa shape index (κ3) is 5.96. The van der Waals surface area contributed by atoms with E-state index in [2.05, 4.69) is 30.4 Å². The lowest BCUT2D eigenvalue weighted by Gasteiger charge is -2.33. The van der Waals surface area contributed by atoms with E-state index in [0.29, 0.717) is 35.4 Å². The van der Waals surface area contributed by atoms with Gasteiger partial charge in [0.05, 0.1) is 23.9 Å². The maximum absolute atomic E-state index is 14.4. The largest absolute Gasteiger partial charge is 0.478 e. The number of fused-ring (bicyclic) bond motifs is 2. The fraction of sp³-hybridized carbons (Fsp3) is 0.375. The van der Waals surface area contributed by atoms with E-state index in [1.165, 1.54) is 0 Å². The number of carbonyl (C=O) groups is 1. The lowest BCUT2D eigenvalue weighted by molar-refractivity contribution is 0.0696. The van der Waals surface area contributed by atoms with Crippen molar-refractivity contribution >= 4 is 43.8 Å². The molecule has 2 aromatic carbocycles. The molecule has 5 rings (SSSR count). The number of aromatic nitrogens is 3. The van der Waals surface area contributed by atoms with Gasteiger partial charge in [-0.1, -0.05) is 6.58 Å². The number of rotatable bonds is 10. The van der Waals surface area contributed by atoms with E-state index in [9.17, 15) is 18.7 Å². The van der Waals surface area contributed by atoms with Crippen LogP contribution in [0.2, 0.25) is 0 Å². The Hall–Kier alpha value is -3.63. The minimum Gasteiger partial charge on any atom is -0.478 e. The molecule has 0 saturated carbocycles. The second-order valence-electron chi connectivity index (χ2n) is 11.8. The summed E-state index contributed by atoms with van der Waals surface area (Å²) in [6.07, 6.45) is 10.6. The average Bonchev–Trinajstić information content (AvgIpc) is 3.52. The number of alkyl halides is 2. The number of benzene rings is 2. The highest BCUT2D eigenvalue weighted by atomic mass is 32.3. The summed E-state index contributed by atoms with van der Waals surface area (Å²) >= 11 is 0. The number of nitrogens with zero attached hydrogens (tertiary/aromatic N) is 4. The third-order valence-corrected chi connectivity index (χ3v) is 9.04. The van der Waals surface area contributed by atoms with Gasteiger partial charge in [-0.2, -0.15) is 5.10 Å². The van der Waals surface area contributed by atoms with Gasteiger partial charge < -0.3 is 19.3 Å². The van der Waals surface area contributed by atoms with E-state index < -0.39 is 22.4 Å². The molecular weight excluding hydrogens is 558 g/mol. The summed E-state index contributed by atoms with van der Waals surface area (Å²) in [7, 11) is 1.04. The lowest BCUT2D eigenvalue weighted by Crippen LogP contribution is -2.25. The molecule has 0 spiro atoms. The summed E-state index contributed by atoms with van der Waals surface area (Å²) in [6.45, 7) is 7.50. The first-order chi connectivity index (χ1) is 19.8. The van der Waals surface area contributed by atoms with Gasteiger partial charge in [-0.15, -0.1) is 0 Å². The van der Waals surface area contributed by atoms with Crippen LogP contribution in [-0.4, -0.2) is 63.1 Å². The Balaban J connectivity index is 1.61. The first-order valence-electron chi connectivity index (χ1n) is 13.9. The van der Waals surface area contributed by atoms with E-state index in [1.54, 1.807) is 36.4 Å². The van der Waals surface area contributed by atoms with Crippen molar-refractivity contribution in [3.05, 3.63) is 71.7 Å². The fourth-order valence-corrected chi connectivity index (χ4v) is 6.17. The summed E-state index contributed by atoms with van der Waals surface area (Å²) in [4.78, 5) is 14.4. The number of carboxylic acids is 1. The Morgan fingerprint density at radius 1 is 1.17 bits per heavy atom. The number of carboxylic acid groups (broad SMARTS) is 1. The molecule has 3 heterocycles. The number of allylic oxidation sites excluding steroid dienone is 1. The minimum atomic E-state index is -2.67. The zero-order valence-electron chi connectivity index (χ0n) is 24.8. The van der Waals surface area contributed by atoms with Crippen LogP contribution in [0.3, 0.4) is 0 Å². The highest BCUT2D eigenvalue weighted by molar-refractivity contribution is 8.32. The van der Waals surface area contributed by atoms with Crippen LogP contribution in [0.4, 0.5) is 20.2 Å². The Morgan fingerprint density at radius 2 is 1.93 bits per heavy atom. The van der Waals surface area contributed by atoms with Gasteiger partial charge in [-0.05, 0) is 79.5 Å². The van der Waals surface area contributed by atoms with Crippen LogP contribution in [0.25, 0.3) is 27.6 Å². The molecule has 7 nitrogen and oxygen atoms in total. The van der Waals surface area contributed by atoms with Gasteiger partial charge in [0.15, 0.2) is 0 Å². The van der Waals surface area contributed by atoms with Crippen LogP contribution in [0.5, 0.6) is 0 Å². The van der Waals surface area contributed by atoms with Crippen LogP contribution in [0, 0.1) is 0 Å². The number of hydrogen-bond acceptors (Lipinski definition) is 4. The van der Waals surface area contributed by atoms with Crippen molar-refractivity contribution in [1.29, 1.82) is 0 Å². The summed E-state index contributed by atoms with van der Waals surface area (Å²) in [5.74, 6) is -0.0877. The predicted octanol–water partition coefficient (Wildman–Crippen LogP) is 7.46. The highest BCUT2D eigenvalue weighted by Crippen LogP contribution is 2.43. The van der Waals surface area contributed by atoms with Gasteiger partial charge in [0.2, 0.25) is 0 Å². The van der Waals surface area contributed by atoms with E-state index in [1.807, 2.05) is 34.6 Å². The Morgan fingerprint density at radius 3 is 2.55 bits per heavy atom. The SMILES string of the molecule is C=C(C)c1cc(N2CCCc3cc(-c4cnn(C)c4)c(C(F)F)cc32)cc2c(C(=O)O)cn(COCCS(C)(C)C)c12. The van der Waals surface area contributed by atoms with E-state index >= 15 is 0 Å². The summed E-state index contributed by atoms with van der Waals surface area (Å²) in [5.41, 5.74) is 5.97. The number of halogens is 2. The number of ether oxygens (including phenoxy) is 1. The highest BCUT2D eigenvalue weighted by Gasteiger charge is 2.27. The number of anilines is 2. The predicted molar refractivity (Wildman–Crippen MR) is 169 cm³/mol. The molecule has 224 valence electrons. The van der Waals surface area contributed by atoms with Gasteiger partial charge >= 0.3 is 5.97 Å². The van der Waals surface area contributed by atoms with Crippen molar-refractivity contribution in [3.8, 4) is 11.1 Å². The topological polar surface area (TPSA) is 72.5 Å². The third-order valence-electron chi connectivity index (χ3n) is 7.65. The quantitative estimate of drug-likeness (QED) is 0.192. The molecule has 1 aliphatic heterocycles. The maximum Gasteiger partial charge on any atom is 0.337 e. The van der Waals surface area contributed by atoms with Crippen molar-refractivity contribution in [1.82, 2.24) is 14.3 Å². The van der Waals surface area contributed by atoms with Crippen molar-refractivity contribution < 1.29 is 23.4 Å². The molecule has 4 aromatic rings. The fourth-order valence-electron chi connectivity index (χ4n) is 5.56. The van der Waals surface area contributed by atoms with Gasteiger partial charge in [-0.3, -0.25) is 4.68 Å². The normalized spacial score (nSPS) is 14.0. The first-order valence-corrected chi connectivity index (χ1v) is 16.9. The molecule has 1 N–H and O–H groups in total. The summed E-state index contributed by atoms with van der Waals surface area (Å²) in [6, 6.07) is 7.28. The molecule has 0 radical (unpaired) electrons. The zero-order chi connectivity index (χ0) is 30.3. The lowest BCUT2D eigenvalue weighted by atomic mass is 9.92. The molecule has 1 aliphatic rings. The second kappa shape index (κ2) is 11.6. The average molecular weight is 597 g/mol. The van der Waals surface area contributed by atoms with Crippen LogP contribution in [0.15, 0.2) is 49.4 Å². The molecule has 2 aromatic heterocycles. The number of aromatic carboxylic acids is 1. The van der Waals surface area contributed by atoms with Crippen LogP contribution in [-0.2, 0) is 24.9 Å². The van der Waals surface area contributed by atoms with Crippen molar-refractivity contribution in [2.45, 2.75) is 32.9 Å². The molecule has 0 aliphatic carbocycles. The first kappa shape index (κ1) is 29.8. The van der Waals surface area contributed by atoms with Crippen molar-refractivity contribution in [3.63, 3.8) is 0 Å². The standard InChI is InChI=1S/C32H38F2N4O3S/c1-20(2)24-13-23(14-26-28(32(39)40)18-37(30(24)26)19-41-10-11-42(4,5)6)38-9-7-8-21-12-25(22-16-35-36(3)17-22)27(31(33)34)15-29(21)38/h12-18,31H,1,7-11,19H2,2-6H3,(H,39,40). The molecular formula is C32H38F2N4O3S. The monoisotopic (exact) mass is 596 g/mol. The molecule has 0 bridgehead atoms. The molecule has 42 heavy (non-hydrogen) atoms. The second-order valence-corrected chi connectivity index (χ2v) is 16.4. The maximum atomic E-state index is 14.4. The van der Waals surface area contributed by atoms with Crippen LogP contribution >= 0.6 is 10.0 Å². The van der Waals surface area contributed by atoms with E-state index in [0.717, 1.165) is 46.5 Å². The summed E-state index contributed by atoms with van der Waals surface area (Å²) in [5, 5.41) is 14.9. The Kier molecular flexibility index (Phi) is 8.22. The smallest absolute Gasteiger partial charge is 0.337 e. The molecule has 10 heteroatoms. The van der Waals surface area contributed by atoms with E-state index in [-0.39, 0.29) is 17.9 Å². The van der Waals surface area contributed by atoms with Crippen molar-refractivity contribution in [2.75, 3.05) is 42.6 Å². The van der Waals surface area contributed by atoms with Gasteiger partial charge in [0, 0.05) is 65.2 Å². The van der Waals surface area contributed by atoms with E-state index in [4.69, 9.17) is 4.74 Å². The summed E-state index contributed by atoms with van der Waals surface area (Å²) < 4.78 is 38.2. The molecule has 0 atom stereocenters. The Bertz CT molecular complexity index is 1670. The van der Waals surface area contributed by atoms with Crippen LogP contribution < -0.4 is 4.90 Å². The van der Waals surface area contributed by atoms with Crippen LogP contribution in [0.1, 0.15) is 46.8 Å². The van der Waals surface area contributed by atoms with Gasteiger partial charge in [0.25, 0.3) is 6.43 Å². The van der Waals surface area contributed by atoms with Gasteiger partial charge in [0.1, 0.15) is 6.73 Å². The van der Waals surface area contributed by atoms with Gasteiger partial charge in [-0.25, -0.2) is 23.6 Å². The Labute approximate surface area is 246 Å². The number of hydrogen-bond donors (Lipinski definition) is 1. The zero-order valence-corrected chi connectivity index (χ0v) is 25.6.